The van der Waals surface area contributed by atoms with E-state index in [0.29, 0.717) is 25.9 Å². The van der Waals surface area contributed by atoms with E-state index in [-0.39, 0.29) is 29.4 Å². The lowest BCUT2D eigenvalue weighted by Gasteiger charge is -2.33. The van der Waals surface area contributed by atoms with Crippen molar-refractivity contribution in [3.8, 4) is 11.1 Å². The van der Waals surface area contributed by atoms with Gasteiger partial charge in [-0.2, -0.15) is 0 Å². The van der Waals surface area contributed by atoms with Crippen molar-refractivity contribution >= 4 is 11.9 Å². The molecular weight excluding hydrogens is 398 g/mol. The van der Waals surface area contributed by atoms with E-state index in [9.17, 15) is 13.6 Å². The van der Waals surface area contributed by atoms with Gasteiger partial charge in [-0.05, 0) is 54.7 Å². The average molecular weight is 422 g/mol. The number of nitrogens with two attached hydrogens (primary N) is 1. The maximum atomic E-state index is 13.4. The number of amides is 1. The topological polar surface area (TPSA) is 72.1 Å². The largest absolute Gasteiger partial charge is 0.368 e. The van der Waals surface area contributed by atoms with Crippen LogP contribution in [0.4, 0.5) is 14.7 Å². The Bertz CT molecular complexity index is 1050. The molecule has 1 aromatic heterocycles. The number of anilines is 1. The summed E-state index contributed by atoms with van der Waals surface area (Å²) in [5.74, 6) is -0.318. The van der Waals surface area contributed by atoms with Gasteiger partial charge in [-0.15, -0.1) is 0 Å². The highest BCUT2D eigenvalue weighted by Gasteiger charge is 2.28. The molecule has 1 saturated heterocycles. The smallest absolute Gasteiger partial charge is 0.222 e. The molecule has 1 unspecified atom stereocenters. The van der Waals surface area contributed by atoms with Crippen LogP contribution in [0.15, 0.2) is 54.7 Å². The third kappa shape index (κ3) is 5.05. The number of piperidine rings is 1. The summed E-state index contributed by atoms with van der Waals surface area (Å²) in [7, 11) is 0. The first-order valence-corrected chi connectivity index (χ1v) is 10.4. The highest BCUT2D eigenvalue weighted by atomic mass is 19.1. The van der Waals surface area contributed by atoms with Crippen LogP contribution in [0.5, 0.6) is 0 Å². The lowest BCUT2D eigenvalue weighted by atomic mass is 9.89. The number of hydrogen-bond acceptors (Lipinski definition) is 4. The van der Waals surface area contributed by atoms with Crippen LogP contribution in [0, 0.1) is 11.6 Å². The van der Waals surface area contributed by atoms with E-state index in [1.165, 1.54) is 24.3 Å². The Morgan fingerprint density at radius 2 is 1.74 bits per heavy atom. The zero-order valence-electron chi connectivity index (χ0n) is 17.1. The van der Waals surface area contributed by atoms with Crippen LogP contribution in [-0.4, -0.2) is 33.9 Å². The van der Waals surface area contributed by atoms with Crippen molar-refractivity contribution in [3.05, 3.63) is 77.6 Å². The number of nitrogens with zero attached hydrogens (tertiary/aromatic N) is 3. The van der Waals surface area contributed by atoms with E-state index >= 15 is 0 Å². The maximum Gasteiger partial charge on any atom is 0.222 e. The molecule has 31 heavy (non-hydrogen) atoms. The number of hydrogen-bond donors (Lipinski definition) is 1. The molecule has 2 aromatic carbocycles. The third-order valence-electron chi connectivity index (χ3n) is 5.69. The van der Waals surface area contributed by atoms with Gasteiger partial charge in [-0.1, -0.05) is 24.3 Å². The van der Waals surface area contributed by atoms with Gasteiger partial charge in [0.2, 0.25) is 11.9 Å². The zero-order valence-corrected chi connectivity index (χ0v) is 17.1. The first-order chi connectivity index (χ1) is 15.0. The fourth-order valence-corrected chi connectivity index (χ4v) is 4.06. The van der Waals surface area contributed by atoms with Gasteiger partial charge in [0, 0.05) is 37.2 Å². The molecule has 0 aliphatic carbocycles. The second kappa shape index (κ2) is 9.20. The van der Waals surface area contributed by atoms with E-state index in [2.05, 4.69) is 9.97 Å². The molecule has 2 heterocycles. The fraction of sp³-hybridized carbons (Fsp3) is 0.292. The summed E-state index contributed by atoms with van der Waals surface area (Å²) in [6.07, 6.45) is 4.35. The predicted molar refractivity (Wildman–Crippen MR) is 115 cm³/mol. The van der Waals surface area contributed by atoms with Crippen LogP contribution < -0.4 is 5.73 Å². The number of nitrogen functional groups attached to an aromatic ring is 1. The summed E-state index contributed by atoms with van der Waals surface area (Å²) in [5, 5.41) is 0. The molecule has 4 rings (SSSR count). The zero-order chi connectivity index (χ0) is 21.8. The molecule has 0 saturated carbocycles. The van der Waals surface area contributed by atoms with Crippen molar-refractivity contribution in [2.75, 3.05) is 18.8 Å². The van der Waals surface area contributed by atoms with E-state index < -0.39 is 0 Å². The van der Waals surface area contributed by atoms with E-state index in [1.807, 2.05) is 4.90 Å². The number of carbonyl (C=O) groups is 1. The molecule has 1 aliphatic rings. The van der Waals surface area contributed by atoms with Gasteiger partial charge < -0.3 is 10.6 Å². The molecule has 0 bridgehead atoms. The summed E-state index contributed by atoms with van der Waals surface area (Å²) in [5.41, 5.74) is 9.21. The van der Waals surface area contributed by atoms with Gasteiger partial charge in [0.15, 0.2) is 0 Å². The van der Waals surface area contributed by atoms with E-state index in [1.54, 1.807) is 30.5 Å². The SMILES string of the molecule is Nc1ncc(-c2ccc(F)cc2)c(C2CCCN(C(=O)CCc3ccc(F)cc3)C2)n1. The molecular formula is C24H24F2N4O. The summed E-state index contributed by atoms with van der Waals surface area (Å²) in [6.45, 7) is 1.25. The summed E-state index contributed by atoms with van der Waals surface area (Å²) in [6, 6.07) is 12.4. The maximum absolute atomic E-state index is 13.4. The van der Waals surface area contributed by atoms with Crippen LogP contribution in [0.1, 0.15) is 36.4 Å². The van der Waals surface area contributed by atoms with Crippen LogP contribution in [0.3, 0.4) is 0 Å². The highest BCUT2D eigenvalue weighted by molar-refractivity contribution is 5.77. The van der Waals surface area contributed by atoms with Crippen LogP contribution in [0.2, 0.25) is 0 Å². The molecule has 1 fully saturated rings. The molecule has 1 amide bonds. The van der Waals surface area contributed by atoms with Crippen LogP contribution in [-0.2, 0) is 11.2 Å². The van der Waals surface area contributed by atoms with Gasteiger partial charge in [-0.25, -0.2) is 18.7 Å². The lowest BCUT2D eigenvalue weighted by Crippen LogP contribution is -2.39. The minimum atomic E-state index is -0.308. The summed E-state index contributed by atoms with van der Waals surface area (Å²) >= 11 is 0. The monoisotopic (exact) mass is 422 g/mol. The molecule has 1 atom stereocenters. The quantitative estimate of drug-likeness (QED) is 0.664. The van der Waals surface area contributed by atoms with E-state index in [4.69, 9.17) is 5.73 Å². The van der Waals surface area contributed by atoms with Crippen molar-refractivity contribution < 1.29 is 13.6 Å². The first kappa shape index (κ1) is 20.9. The Morgan fingerprint density at radius 1 is 1.06 bits per heavy atom. The number of benzene rings is 2. The molecule has 5 nitrogen and oxygen atoms in total. The van der Waals surface area contributed by atoms with Gasteiger partial charge >= 0.3 is 0 Å². The third-order valence-corrected chi connectivity index (χ3v) is 5.69. The minimum Gasteiger partial charge on any atom is -0.368 e. The van der Waals surface area contributed by atoms with E-state index in [0.717, 1.165) is 35.2 Å². The Hall–Kier alpha value is -3.35. The number of aromatic nitrogens is 2. The van der Waals surface area contributed by atoms with Crippen molar-refractivity contribution in [1.29, 1.82) is 0 Å². The van der Waals surface area contributed by atoms with Crippen molar-refractivity contribution in [3.63, 3.8) is 0 Å². The fourth-order valence-electron chi connectivity index (χ4n) is 4.06. The minimum absolute atomic E-state index is 0.0221. The Balaban J connectivity index is 1.49. The Kier molecular flexibility index (Phi) is 6.21. The van der Waals surface area contributed by atoms with Gasteiger partial charge in [-0.3, -0.25) is 4.79 Å². The van der Waals surface area contributed by atoms with Crippen LogP contribution >= 0.6 is 0 Å². The second-order valence-electron chi connectivity index (χ2n) is 7.84. The van der Waals surface area contributed by atoms with Crippen molar-refractivity contribution in [1.82, 2.24) is 14.9 Å². The van der Waals surface area contributed by atoms with Crippen molar-refractivity contribution in [2.24, 2.45) is 0 Å². The molecule has 7 heteroatoms. The van der Waals surface area contributed by atoms with Gasteiger partial charge in [0.1, 0.15) is 11.6 Å². The molecule has 160 valence electrons. The second-order valence-corrected chi connectivity index (χ2v) is 7.84. The standard InChI is InChI=1S/C24H24F2N4O/c25-19-8-3-16(4-9-19)5-12-22(31)30-13-1-2-18(15-30)23-21(14-28-24(27)29-23)17-6-10-20(26)11-7-17/h3-4,6-11,14,18H,1-2,5,12-13,15H2,(H2,27,28,29). The average Bonchev–Trinajstić information content (AvgIpc) is 2.79. The molecule has 1 aliphatic heterocycles. The highest BCUT2D eigenvalue weighted by Crippen LogP contribution is 2.33. The number of rotatable bonds is 5. The summed E-state index contributed by atoms with van der Waals surface area (Å²) in [4.78, 5) is 23.3. The van der Waals surface area contributed by atoms with Crippen molar-refractivity contribution in [2.45, 2.75) is 31.6 Å². The van der Waals surface area contributed by atoms with Crippen LogP contribution in [0.25, 0.3) is 11.1 Å². The number of aryl methyl sites for hydroxylation is 1. The first-order valence-electron chi connectivity index (χ1n) is 10.4. The Morgan fingerprint density at radius 3 is 2.45 bits per heavy atom. The lowest BCUT2D eigenvalue weighted by molar-refractivity contribution is -0.132. The van der Waals surface area contributed by atoms with Gasteiger partial charge in [0.25, 0.3) is 0 Å². The Labute approximate surface area is 179 Å². The molecule has 2 N–H and O–H groups in total. The van der Waals surface area contributed by atoms with Gasteiger partial charge in [0.05, 0.1) is 5.69 Å². The number of likely N-dealkylation sites (tertiary alicyclic amines) is 1. The number of halogens is 2. The molecule has 0 radical (unpaired) electrons. The normalized spacial score (nSPS) is 16.3. The number of carbonyl (C=O) groups excluding carboxylic acids is 1. The summed E-state index contributed by atoms with van der Waals surface area (Å²) < 4.78 is 26.4. The molecule has 3 aromatic rings. The molecule has 0 spiro atoms. The predicted octanol–water partition coefficient (Wildman–Crippen LogP) is 4.34.